The molecule has 0 atom stereocenters. The standard InChI is InChI=1S/C14H25N3/c1-10(2)9-17-13(6)14(12(5)16-17)7-8-15-11(3)4/h11,15H,1,7-9H2,2-6H3. The molecule has 17 heavy (non-hydrogen) atoms. The summed E-state index contributed by atoms with van der Waals surface area (Å²) in [7, 11) is 0. The van der Waals surface area contributed by atoms with E-state index in [9.17, 15) is 0 Å². The first-order chi connectivity index (χ1) is 7.91. The Morgan fingerprint density at radius 2 is 2.06 bits per heavy atom. The van der Waals surface area contributed by atoms with E-state index in [1.54, 1.807) is 0 Å². The van der Waals surface area contributed by atoms with Gasteiger partial charge in [0.05, 0.1) is 12.2 Å². The fraction of sp³-hybridized carbons (Fsp3) is 0.643. The fourth-order valence-electron chi connectivity index (χ4n) is 1.99. The van der Waals surface area contributed by atoms with Crippen LogP contribution in [0, 0.1) is 13.8 Å². The number of hydrogen-bond acceptors (Lipinski definition) is 2. The Hall–Kier alpha value is -1.09. The van der Waals surface area contributed by atoms with Gasteiger partial charge in [-0.05, 0) is 39.3 Å². The van der Waals surface area contributed by atoms with Crippen LogP contribution in [0.3, 0.4) is 0 Å². The lowest BCUT2D eigenvalue weighted by atomic mass is 10.1. The van der Waals surface area contributed by atoms with Crippen LogP contribution in [0.1, 0.15) is 37.7 Å². The number of aromatic nitrogens is 2. The van der Waals surface area contributed by atoms with Crippen molar-refractivity contribution < 1.29 is 0 Å². The minimum Gasteiger partial charge on any atom is -0.314 e. The Kier molecular flexibility index (Phi) is 4.94. The van der Waals surface area contributed by atoms with Crippen molar-refractivity contribution >= 4 is 0 Å². The second kappa shape index (κ2) is 6.01. The molecule has 0 saturated carbocycles. The van der Waals surface area contributed by atoms with Gasteiger partial charge in [-0.2, -0.15) is 5.10 Å². The number of nitrogens with one attached hydrogen (secondary N) is 1. The Bertz CT molecular complexity index is 388. The van der Waals surface area contributed by atoms with Crippen LogP contribution in [0.25, 0.3) is 0 Å². The molecule has 0 aliphatic heterocycles. The molecular weight excluding hydrogens is 210 g/mol. The Morgan fingerprint density at radius 3 is 2.59 bits per heavy atom. The Morgan fingerprint density at radius 1 is 1.41 bits per heavy atom. The Balaban J connectivity index is 2.71. The van der Waals surface area contributed by atoms with Gasteiger partial charge in [0.15, 0.2) is 0 Å². The van der Waals surface area contributed by atoms with Gasteiger partial charge in [-0.3, -0.25) is 4.68 Å². The van der Waals surface area contributed by atoms with Gasteiger partial charge >= 0.3 is 0 Å². The van der Waals surface area contributed by atoms with Crippen LogP contribution in [0.15, 0.2) is 12.2 Å². The third kappa shape index (κ3) is 4.00. The van der Waals surface area contributed by atoms with Crippen molar-refractivity contribution in [2.45, 2.75) is 53.6 Å². The molecule has 1 aromatic rings. The molecule has 96 valence electrons. The average molecular weight is 235 g/mol. The van der Waals surface area contributed by atoms with Crippen LogP contribution < -0.4 is 5.32 Å². The van der Waals surface area contributed by atoms with Crippen LogP contribution in [-0.4, -0.2) is 22.4 Å². The summed E-state index contributed by atoms with van der Waals surface area (Å²) < 4.78 is 2.06. The van der Waals surface area contributed by atoms with E-state index in [1.165, 1.54) is 11.3 Å². The third-order valence-electron chi connectivity index (χ3n) is 2.88. The number of rotatable bonds is 6. The topological polar surface area (TPSA) is 29.9 Å². The van der Waals surface area contributed by atoms with Gasteiger partial charge in [0.1, 0.15) is 0 Å². The van der Waals surface area contributed by atoms with Crippen LogP contribution >= 0.6 is 0 Å². The van der Waals surface area contributed by atoms with Crippen molar-refractivity contribution in [1.82, 2.24) is 15.1 Å². The van der Waals surface area contributed by atoms with Crippen LogP contribution in [-0.2, 0) is 13.0 Å². The SMILES string of the molecule is C=C(C)Cn1nc(C)c(CCNC(C)C)c1C. The summed E-state index contributed by atoms with van der Waals surface area (Å²) in [6.07, 6.45) is 1.05. The normalized spacial score (nSPS) is 11.2. The quantitative estimate of drug-likeness (QED) is 0.768. The molecule has 0 unspecified atom stereocenters. The van der Waals surface area contributed by atoms with E-state index in [0.717, 1.165) is 30.8 Å². The highest BCUT2D eigenvalue weighted by atomic mass is 15.3. The molecule has 1 N–H and O–H groups in total. The first-order valence-electron chi connectivity index (χ1n) is 6.32. The molecule has 0 spiro atoms. The molecule has 0 aliphatic carbocycles. The molecule has 3 nitrogen and oxygen atoms in total. The largest absolute Gasteiger partial charge is 0.314 e. The zero-order valence-electron chi connectivity index (χ0n) is 11.8. The van der Waals surface area contributed by atoms with Crippen molar-refractivity contribution in [3.8, 4) is 0 Å². The lowest BCUT2D eigenvalue weighted by molar-refractivity contribution is 0.588. The molecule has 0 radical (unpaired) electrons. The minimum atomic E-state index is 0.543. The highest BCUT2D eigenvalue weighted by Gasteiger charge is 2.10. The summed E-state index contributed by atoms with van der Waals surface area (Å²) >= 11 is 0. The van der Waals surface area contributed by atoms with Crippen molar-refractivity contribution in [2.75, 3.05) is 6.54 Å². The van der Waals surface area contributed by atoms with Crippen molar-refractivity contribution in [1.29, 1.82) is 0 Å². The zero-order chi connectivity index (χ0) is 13.0. The first kappa shape index (κ1) is 14.0. The highest BCUT2D eigenvalue weighted by molar-refractivity contribution is 5.25. The van der Waals surface area contributed by atoms with Crippen molar-refractivity contribution in [2.24, 2.45) is 0 Å². The maximum atomic E-state index is 4.58. The molecule has 0 bridgehead atoms. The fourth-order valence-corrected chi connectivity index (χ4v) is 1.99. The van der Waals surface area contributed by atoms with Crippen LogP contribution in [0.2, 0.25) is 0 Å². The second-order valence-electron chi connectivity index (χ2n) is 5.12. The van der Waals surface area contributed by atoms with Gasteiger partial charge in [0.2, 0.25) is 0 Å². The van der Waals surface area contributed by atoms with Crippen LogP contribution in [0.5, 0.6) is 0 Å². The van der Waals surface area contributed by atoms with Gasteiger partial charge in [-0.25, -0.2) is 0 Å². The second-order valence-corrected chi connectivity index (χ2v) is 5.12. The summed E-state index contributed by atoms with van der Waals surface area (Å²) in [6, 6.07) is 0.543. The molecule has 0 aliphatic rings. The summed E-state index contributed by atoms with van der Waals surface area (Å²) in [4.78, 5) is 0. The predicted octanol–water partition coefficient (Wildman–Crippen LogP) is 2.62. The molecule has 1 rings (SSSR count). The zero-order valence-corrected chi connectivity index (χ0v) is 11.8. The van der Waals surface area contributed by atoms with E-state index in [4.69, 9.17) is 0 Å². The molecule has 1 aromatic heterocycles. The summed E-state index contributed by atoms with van der Waals surface area (Å²) in [5.41, 5.74) is 4.94. The van der Waals surface area contributed by atoms with Gasteiger partial charge in [-0.1, -0.05) is 26.0 Å². The maximum absolute atomic E-state index is 4.58. The van der Waals surface area contributed by atoms with E-state index in [1.807, 2.05) is 6.92 Å². The van der Waals surface area contributed by atoms with Gasteiger partial charge in [-0.15, -0.1) is 0 Å². The van der Waals surface area contributed by atoms with E-state index >= 15 is 0 Å². The molecule has 0 amide bonds. The lowest BCUT2D eigenvalue weighted by Gasteiger charge is -2.08. The minimum absolute atomic E-state index is 0.543. The summed E-state index contributed by atoms with van der Waals surface area (Å²) in [6.45, 7) is 16.4. The summed E-state index contributed by atoms with van der Waals surface area (Å²) in [5.74, 6) is 0. The molecular formula is C14H25N3. The van der Waals surface area contributed by atoms with Crippen molar-refractivity contribution in [3.63, 3.8) is 0 Å². The number of allylic oxidation sites excluding steroid dienone is 1. The van der Waals surface area contributed by atoms with Crippen molar-refractivity contribution in [3.05, 3.63) is 29.1 Å². The number of hydrogen-bond donors (Lipinski definition) is 1. The van der Waals surface area contributed by atoms with Gasteiger partial charge < -0.3 is 5.32 Å². The predicted molar refractivity (Wildman–Crippen MR) is 73.4 cm³/mol. The van der Waals surface area contributed by atoms with E-state index in [0.29, 0.717) is 6.04 Å². The third-order valence-corrected chi connectivity index (χ3v) is 2.88. The average Bonchev–Trinajstić information content (AvgIpc) is 2.44. The monoisotopic (exact) mass is 235 g/mol. The molecule has 0 saturated heterocycles. The van der Waals surface area contributed by atoms with Gasteiger partial charge in [0.25, 0.3) is 0 Å². The smallest absolute Gasteiger partial charge is 0.0629 e. The lowest BCUT2D eigenvalue weighted by Crippen LogP contribution is -2.25. The molecule has 0 fully saturated rings. The summed E-state index contributed by atoms with van der Waals surface area (Å²) in [5, 5.41) is 8.02. The van der Waals surface area contributed by atoms with Gasteiger partial charge in [0, 0.05) is 11.7 Å². The highest BCUT2D eigenvalue weighted by Crippen LogP contribution is 2.14. The number of nitrogens with zero attached hydrogens (tertiary/aromatic N) is 2. The molecule has 1 heterocycles. The van der Waals surface area contributed by atoms with Crippen LogP contribution in [0.4, 0.5) is 0 Å². The maximum Gasteiger partial charge on any atom is 0.0629 e. The Labute approximate surface area is 105 Å². The van der Waals surface area contributed by atoms with E-state index in [-0.39, 0.29) is 0 Å². The van der Waals surface area contributed by atoms with E-state index < -0.39 is 0 Å². The molecule has 3 heteroatoms. The number of aryl methyl sites for hydroxylation is 1. The van der Waals surface area contributed by atoms with E-state index in [2.05, 4.69) is 49.4 Å². The molecule has 0 aromatic carbocycles. The first-order valence-corrected chi connectivity index (χ1v) is 6.32.